The van der Waals surface area contributed by atoms with Gasteiger partial charge in [-0.2, -0.15) is 0 Å². The Labute approximate surface area is 63.2 Å². The Hall–Kier alpha value is -1.10. The summed E-state index contributed by atoms with van der Waals surface area (Å²) in [7, 11) is 0. The second-order valence-electron chi connectivity index (χ2n) is 2.40. The zero-order chi connectivity index (χ0) is 8.59. The highest BCUT2D eigenvalue weighted by Gasteiger charge is 2.56. The third kappa shape index (κ3) is 1.19. The third-order valence-electron chi connectivity index (χ3n) is 1.80. The molecule has 2 atom stereocenters. The minimum Gasteiger partial charge on any atom is -0.480 e. The molecule has 5 heteroatoms. The van der Waals surface area contributed by atoms with Gasteiger partial charge in [-0.25, -0.2) is 0 Å². The molecule has 2 unspecified atom stereocenters. The zero-order valence-electron chi connectivity index (χ0n) is 6.02. The molecular formula is C6H9NO4. The lowest BCUT2D eigenvalue weighted by atomic mass is 10.3. The average molecular weight is 159 g/mol. The Bertz CT molecular complexity index is 183. The standard InChI is InChI=1S/C6H9NO4/c1-2-7-3(5(8)9)4(7)6(10)11/h3-4H,2H2,1H3,(H,8,9)(H,10,11). The van der Waals surface area contributed by atoms with Crippen molar-refractivity contribution < 1.29 is 19.8 Å². The van der Waals surface area contributed by atoms with Crippen LogP contribution in [0, 0.1) is 0 Å². The molecule has 1 rings (SSSR count). The maximum Gasteiger partial charge on any atom is 0.323 e. The minimum absolute atomic E-state index is 0.466. The van der Waals surface area contributed by atoms with Crippen LogP contribution in [0.25, 0.3) is 0 Å². The molecule has 1 saturated heterocycles. The smallest absolute Gasteiger partial charge is 0.323 e. The first-order valence-corrected chi connectivity index (χ1v) is 3.31. The van der Waals surface area contributed by atoms with Crippen LogP contribution in [0.3, 0.4) is 0 Å². The van der Waals surface area contributed by atoms with E-state index in [0.717, 1.165) is 0 Å². The molecule has 0 amide bonds. The summed E-state index contributed by atoms with van der Waals surface area (Å²) in [5.41, 5.74) is 0. The number of aliphatic carboxylic acids is 2. The first kappa shape index (κ1) is 8.00. The second-order valence-corrected chi connectivity index (χ2v) is 2.40. The van der Waals surface area contributed by atoms with Gasteiger partial charge in [0, 0.05) is 0 Å². The molecule has 2 N–H and O–H groups in total. The lowest BCUT2D eigenvalue weighted by molar-refractivity contribution is -0.140. The Balaban J connectivity index is 2.59. The third-order valence-corrected chi connectivity index (χ3v) is 1.80. The van der Waals surface area contributed by atoms with Gasteiger partial charge in [-0.15, -0.1) is 0 Å². The maximum absolute atomic E-state index is 10.3. The van der Waals surface area contributed by atoms with E-state index >= 15 is 0 Å². The topological polar surface area (TPSA) is 77.6 Å². The molecule has 0 radical (unpaired) electrons. The molecule has 1 aliphatic heterocycles. The maximum atomic E-state index is 10.3. The van der Waals surface area contributed by atoms with Gasteiger partial charge in [-0.3, -0.25) is 14.5 Å². The van der Waals surface area contributed by atoms with E-state index in [2.05, 4.69) is 0 Å². The molecule has 0 spiro atoms. The molecule has 5 nitrogen and oxygen atoms in total. The summed E-state index contributed by atoms with van der Waals surface area (Å²) in [6.45, 7) is 2.20. The molecule has 1 fully saturated rings. The van der Waals surface area contributed by atoms with Crippen LogP contribution in [0.2, 0.25) is 0 Å². The summed E-state index contributed by atoms with van der Waals surface area (Å²) in [5.74, 6) is -2.11. The van der Waals surface area contributed by atoms with Crippen LogP contribution in [0.4, 0.5) is 0 Å². The second kappa shape index (κ2) is 2.50. The fraction of sp³-hybridized carbons (Fsp3) is 0.667. The van der Waals surface area contributed by atoms with Crippen molar-refractivity contribution in [2.75, 3.05) is 6.54 Å². The first-order valence-electron chi connectivity index (χ1n) is 3.31. The van der Waals surface area contributed by atoms with E-state index < -0.39 is 24.0 Å². The van der Waals surface area contributed by atoms with Crippen LogP contribution in [-0.2, 0) is 9.59 Å². The summed E-state index contributed by atoms with van der Waals surface area (Å²) in [5, 5.41) is 16.9. The van der Waals surface area contributed by atoms with E-state index in [-0.39, 0.29) is 0 Å². The van der Waals surface area contributed by atoms with Crippen LogP contribution < -0.4 is 0 Å². The molecular weight excluding hydrogens is 150 g/mol. The van der Waals surface area contributed by atoms with Crippen molar-refractivity contribution in [2.45, 2.75) is 19.0 Å². The molecule has 0 aromatic carbocycles. The summed E-state index contributed by atoms with van der Waals surface area (Å²) in [4.78, 5) is 22.1. The van der Waals surface area contributed by atoms with Crippen LogP contribution in [0.1, 0.15) is 6.92 Å². The van der Waals surface area contributed by atoms with Crippen molar-refractivity contribution in [1.29, 1.82) is 0 Å². The van der Waals surface area contributed by atoms with E-state index in [1.54, 1.807) is 6.92 Å². The van der Waals surface area contributed by atoms with Crippen molar-refractivity contribution in [3.05, 3.63) is 0 Å². The van der Waals surface area contributed by atoms with Crippen molar-refractivity contribution in [1.82, 2.24) is 4.90 Å². The van der Waals surface area contributed by atoms with Gasteiger partial charge in [-0.1, -0.05) is 6.92 Å². The molecule has 0 aromatic heterocycles. The molecule has 62 valence electrons. The highest BCUT2D eigenvalue weighted by Crippen LogP contribution is 2.27. The van der Waals surface area contributed by atoms with Gasteiger partial charge in [-0.05, 0) is 6.54 Å². The molecule has 0 bridgehead atoms. The Morgan fingerprint density at radius 3 is 1.73 bits per heavy atom. The number of likely N-dealkylation sites (N-methyl/N-ethyl adjacent to an activating group) is 1. The molecule has 0 saturated carbocycles. The number of carboxylic acids is 2. The van der Waals surface area contributed by atoms with Crippen LogP contribution in [0.15, 0.2) is 0 Å². The molecule has 1 aliphatic rings. The largest absolute Gasteiger partial charge is 0.480 e. The summed E-state index contributed by atoms with van der Waals surface area (Å²) < 4.78 is 0. The quantitative estimate of drug-likeness (QED) is 0.528. The van der Waals surface area contributed by atoms with E-state index in [0.29, 0.717) is 6.54 Å². The highest BCUT2D eigenvalue weighted by atomic mass is 16.4. The van der Waals surface area contributed by atoms with E-state index in [4.69, 9.17) is 10.2 Å². The lowest BCUT2D eigenvalue weighted by Crippen LogP contribution is -2.14. The molecule has 1 heterocycles. The van der Waals surface area contributed by atoms with Gasteiger partial charge < -0.3 is 10.2 Å². The summed E-state index contributed by atoms with van der Waals surface area (Å²) in [6, 6.07) is -1.62. The molecule has 11 heavy (non-hydrogen) atoms. The highest BCUT2D eigenvalue weighted by molar-refractivity contribution is 5.91. The van der Waals surface area contributed by atoms with Crippen molar-refractivity contribution in [2.24, 2.45) is 0 Å². The Kier molecular flexibility index (Phi) is 1.82. The van der Waals surface area contributed by atoms with Crippen LogP contribution in [-0.4, -0.2) is 45.7 Å². The number of hydrogen-bond donors (Lipinski definition) is 2. The Morgan fingerprint density at radius 1 is 1.27 bits per heavy atom. The average Bonchev–Trinajstić information content (AvgIpc) is 2.59. The van der Waals surface area contributed by atoms with E-state index in [1.807, 2.05) is 0 Å². The Morgan fingerprint density at radius 2 is 1.64 bits per heavy atom. The number of nitrogens with zero attached hydrogens (tertiary/aromatic N) is 1. The van der Waals surface area contributed by atoms with Crippen LogP contribution >= 0.6 is 0 Å². The van der Waals surface area contributed by atoms with E-state index in [9.17, 15) is 9.59 Å². The number of rotatable bonds is 3. The fourth-order valence-corrected chi connectivity index (χ4v) is 1.22. The predicted octanol–water partition coefficient (Wildman–Crippen LogP) is -0.772. The lowest BCUT2D eigenvalue weighted by Gasteiger charge is -1.91. The first-order chi connectivity index (χ1) is 5.09. The monoisotopic (exact) mass is 159 g/mol. The van der Waals surface area contributed by atoms with Gasteiger partial charge in [0.05, 0.1) is 0 Å². The zero-order valence-corrected chi connectivity index (χ0v) is 6.02. The fourth-order valence-electron chi connectivity index (χ4n) is 1.22. The van der Waals surface area contributed by atoms with Gasteiger partial charge in [0.1, 0.15) is 12.1 Å². The SMILES string of the molecule is CCN1C(C(=O)O)C1C(=O)O. The van der Waals surface area contributed by atoms with Gasteiger partial charge in [0.25, 0.3) is 0 Å². The van der Waals surface area contributed by atoms with Gasteiger partial charge in [0.15, 0.2) is 0 Å². The van der Waals surface area contributed by atoms with Crippen molar-refractivity contribution >= 4 is 11.9 Å². The number of hydrogen-bond acceptors (Lipinski definition) is 3. The summed E-state index contributed by atoms with van der Waals surface area (Å²) >= 11 is 0. The molecule has 0 aromatic rings. The minimum atomic E-state index is -1.06. The van der Waals surface area contributed by atoms with Crippen molar-refractivity contribution in [3.8, 4) is 0 Å². The number of carbonyl (C=O) groups is 2. The molecule has 0 aliphatic carbocycles. The van der Waals surface area contributed by atoms with Gasteiger partial charge in [0.2, 0.25) is 0 Å². The van der Waals surface area contributed by atoms with Crippen LogP contribution in [0.5, 0.6) is 0 Å². The normalized spacial score (nSPS) is 34.8. The number of carboxylic acid groups (broad SMARTS) is 2. The van der Waals surface area contributed by atoms with Gasteiger partial charge >= 0.3 is 11.9 Å². The predicted molar refractivity (Wildman–Crippen MR) is 35.2 cm³/mol. The van der Waals surface area contributed by atoms with Crippen molar-refractivity contribution in [3.63, 3.8) is 0 Å². The van der Waals surface area contributed by atoms with E-state index in [1.165, 1.54) is 4.90 Å². The summed E-state index contributed by atoms with van der Waals surface area (Å²) in [6.07, 6.45) is 0.